The predicted molar refractivity (Wildman–Crippen MR) is 97.1 cm³/mol. The zero-order valence-corrected chi connectivity index (χ0v) is 13.9. The number of nitrogens with two attached hydrogens (primary N) is 1. The van der Waals surface area contributed by atoms with E-state index in [4.69, 9.17) is 5.73 Å². The number of amides is 2. The summed E-state index contributed by atoms with van der Waals surface area (Å²) in [6, 6.07) is 16.3. The molecule has 0 bridgehead atoms. The van der Waals surface area contributed by atoms with E-state index in [-0.39, 0.29) is 5.91 Å². The van der Waals surface area contributed by atoms with Crippen LogP contribution in [0, 0.1) is 6.92 Å². The van der Waals surface area contributed by atoms with E-state index in [1.807, 2.05) is 55.5 Å². The molecule has 0 fully saturated rings. The average molecular weight is 333 g/mol. The normalized spacial score (nSPS) is 11.9. The number of hydrogen-bond donors (Lipinski definition) is 2. The van der Waals surface area contributed by atoms with Crippen LogP contribution in [0.15, 0.2) is 60.8 Å². The van der Waals surface area contributed by atoms with Crippen LogP contribution in [0.2, 0.25) is 0 Å². The van der Waals surface area contributed by atoms with Crippen LogP contribution in [0.25, 0.3) is 10.9 Å². The molecule has 2 amide bonds. The Balaban J connectivity index is 1.78. The summed E-state index contributed by atoms with van der Waals surface area (Å²) in [7, 11) is 0. The van der Waals surface area contributed by atoms with Crippen molar-refractivity contribution in [1.29, 1.82) is 0 Å². The van der Waals surface area contributed by atoms with E-state index in [0.29, 0.717) is 12.0 Å². The quantitative estimate of drug-likeness (QED) is 0.752. The number of carbonyl (C=O) groups is 2. The molecule has 1 aromatic heterocycles. The van der Waals surface area contributed by atoms with Crippen molar-refractivity contribution in [2.75, 3.05) is 0 Å². The molecule has 5 heteroatoms. The number of fused-ring (bicyclic) bond motifs is 1. The second-order valence-corrected chi connectivity index (χ2v) is 6.04. The third-order valence-corrected chi connectivity index (χ3v) is 4.02. The van der Waals surface area contributed by atoms with Gasteiger partial charge >= 0.3 is 0 Å². The van der Waals surface area contributed by atoms with Gasteiger partial charge in [0.05, 0.1) is 11.1 Å². The van der Waals surface area contributed by atoms with Crippen molar-refractivity contribution in [3.63, 3.8) is 0 Å². The molecule has 2 aromatic carbocycles. The van der Waals surface area contributed by atoms with Crippen LogP contribution in [0.3, 0.4) is 0 Å². The predicted octanol–water partition coefficient (Wildman–Crippen LogP) is 2.37. The summed E-state index contributed by atoms with van der Waals surface area (Å²) < 4.78 is 0. The molecule has 1 heterocycles. The molecule has 5 nitrogen and oxygen atoms in total. The molecular weight excluding hydrogens is 314 g/mol. The highest BCUT2D eigenvalue weighted by atomic mass is 16.2. The number of nitrogens with one attached hydrogen (secondary N) is 1. The Bertz CT molecular complexity index is 937. The molecule has 3 aromatic rings. The van der Waals surface area contributed by atoms with Crippen molar-refractivity contribution in [2.45, 2.75) is 19.4 Å². The monoisotopic (exact) mass is 333 g/mol. The van der Waals surface area contributed by atoms with Crippen molar-refractivity contribution in [3.05, 3.63) is 77.5 Å². The fourth-order valence-electron chi connectivity index (χ4n) is 2.73. The maximum absolute atomic E-state index is 12.5. The van der Waals surface area contributed by atoms with Crippen LogP contribution in [0.4, 0.5) is 0 Å². The largest absolute Gasteiger partial charge is 0.368 e. The molecule has 0 saturated carbocycles. The minimum atomic E-state index is -0.777. The number of nitrogens with zero attached hydrogens (tertiary/aromatic N) is 1. The highest BCUT2D eigenvalue weighted by Crippen LogP contribution is 2.13. The molecule has 1 atom stereocenters. The Kier molecular flexibility index (Phi) is 4.75. The summed E-state index contributed by atoms with van der Waals surface area (Å²) >= 11 is 0. The lowest BCUT2D eigenvalue weighted by Crippen LogP contribution is -2.45. The first kappa shape index (κ1) is 16.6. The molecule has 0 unspecified atom stereocenters. The van der Waals surface area contributed by atoms with Gasteiger partial charge in [0.15, 0.2) is 0 Å². The fraction of sp³-hybridized carbons (Fsp3) is 0.150. The van der Waals surface area contributed by atoms with Crippen molar-refractivity contribution >= 4 is 22.7 Å². The Morgan fingerprint density at radius 1 is 1.12 bits per heavy atom. The lowest BCUT2D eigenvalue weighted by atomic mass is 10.0. The zero-order chi connectivity index (χ0) is 17.8. The average Bonchev–Trinajstić information content (AvgIpc) is 2.60. The van der Waals surface area contributed by atoms with E-state index in [0.717, 1.165) is 22.0 Å². The van der Waals surface area contributed by atoms with Gasteiger partial charge in [-0.15, -0.1) is 0 Å². The van der Waals surface area contributed by atoms with E-state index >= 15 is 0 Å². The van der Waals surface area contributed by atoms with Gasteiger partial charge in [-0.25, -0.2) is 0 Å². The number of rotatable bonds is 5. The Hall–Kier alpha value is -3.21. The molecular formula is C20H19N3O2. The number of carbonyl (C=O) groups excluding carboxylic acids is 2. The number of pyridine rings is 1. The summed E-state index contributed by atoms with van der Waals surface area (Å²) in [5.74, 6) is -0.932. The number of hydrogen-bond acceptors (Lipinski definition) is 3. The van der Waals surface area contributed by atoms with Gasteiger partial charge in [0.2, 0.25) is 5.91 Å². The summed E-state index contributed by atoms with van der Waals surface area (Å²) in [5, 5.41) is 3.58. The van der Waals surface area contributed by atoms with Crippen molar-refractivity contribution in [1.82, 2.24) is 10.3 Å². The minimum absolute atomic E-state index is 0.351. The van der Waals surface area contributed by atoms with Gasteiger partial charge < -0.3 is 11.1 Å². The SMILES string of the molecule is Cc1cccc(C[C@@H](NC(=O)c2cnc3ccccc3c2)C(N)=O)c1. The topological polar surface area (TPSA) is 85.1 Å². The van der Waals surface area contributed by atoms with E-state index in [9.17, 15) is 9.59 Å². The summed E-state index contributed by atoms with van der Waals surface area (Å²) in [6.45, 7) is 1.97. The van der Waals surface area contributed by atoms with Gasteiger partial charge in [-0.2, -0.15) is 0 Å². The van der Waals surface area contributed by atoms with Gasteiger partial charge in [-0.05, 0) is 24.6 Å². The van der Waals surface area contributed by atoms with E-state index in [2.05, 4.69) is 10.3 Å². The first-order valence-electron chi connectivity index (χ1n) is 8.03. The lowest BCUT2D eigenvalue weighted by molar-refractivity contribution is -0.119. The molecule has 0 saturated heterocycles. The van der Waals surface area contributed by atoms with Crippen molar-refractivity contribution in [2.24, 2.45) is 5.73 Å². The summed E-state index contributed by atoms with van der Waals surface area (Å²) in [5.41, 5.74) is 8.71. The van der Waals surface area contributed by atoms with Gasteiger partial charge in [0, 0.05) is 18.0 Å². The van der Waals surface area contributed by atoms with Gasteiger partial charge in [0.25, 0.3) is 5.91 Å². The second kappa shape index (κ2) is 7.13. The van der Waals surface area contributed by atoms with Crippen molar-refractivity contribution in [3.8, 4) is 0 Å². The molecule has 0 aliphatic carbocycles. The highest BCUT2D eigenvalue weighted by molar-refractivity contribution is 5.99. The third-order valence-electron chi connectivity index (χ3n) is 4.02. The third kappa shape index (κ3) is 4.01. The van der Waals surface area contributed by atoms with E-state index in [1.165, 1.54) is 6.20 Å². The van der Waals surface area contributed by atoms with E-state index in [1.54, 1.807) is 6.07 Å². The molecule has 0 aliphatic heterocycles. The Labute approximate surface area is 145 Å². The van der Waals surface area contributed by atoms with Gasteiger partial charge in [-0.3, -0.25) is 14.6 Å². The van der Waals surface area contributed by atoms with Crippen LogP contribution in [-0.2, 0) is 11.2 Å². The fourth-order valence-corrected chi connectivity index (χ4v) is 2.73. The lowest BCUT2D eigenvalue weighted by Gasteiger charge is -2.16. The number of para-hydroxylation sites is 1. The highest BCUT2D eigenvalue weighted by Gasteiger charge is 2.20. The maximum atomic E-state index is 12.5. The number of aryl methyl sites for hydroxylation is 1. The second-order valence-electron chi connectivity index (χ2n) is 6.04. The Morgan fingerprint density at radius 2 is 1.92 bits per heavy atom. The first-order valence-corrected chi connectivity index (χ1v) is 8.03. The number of aromatic nitrogens is 1. The van der Waals surface area contributed by atoms with Gasteiger partial charge in [-0.1, -0.05) is 48.0 Å². The zero-order valence-electron chi connectivity index (χ0n) is 13.9. The standard InChI is InChI=1S/C20H19N3O2/c1-13-5-4-6-14(9-13)10-18(19(21)24)23-20(25)16-11-15-7-2-3-8-17(15)22-12-16/h2-9,11-12,18H,10H2,1H3,(H2,21,24)(H,23,25)/t18-/m1/s1. The summed E-state index contributed by atoms with van der Waals surface area (Å²) in [6.07, 6.45) is 1.85. The Morgan fingerprint density at radius 3 is 2.68 bits per heavy atom. The smallest absolute Gasteiger partial charge is 0.253 e. The van der Waals surface area contributed by atoms with Crippen molar-refractivity contribution < 1.29 is 9.59 Å². The molecule has 0 aliphatic rings. The van der Waals surface area contributed by atoms with Gasteiger partial charge in [0.1, 0.15) is 6.04 Å². The molecule has 3 rings (SSSR count). The van der Waals surface area contributed by atoms with Crippen LogP contribution in [0.1, 0.15) is 21.5 Å². The van der Waals surface area contributed by atoms with Crippen LogP contribution in [-0.4, -0.2) is 22.8 Å². The number of primary amides is 1. The molecule has 0 radical (unpaired) electrons. The van der Waals surface area contributed by atoms with Crippen LogP contribution < -0.4 is 11.1 Å². The summed E-state index contributed by atoms with van der Waals surface area (Å²) in [4.78, 5) is 28.5. The molecule has 3 N–H and O–H groups in total. The molecule has 0 spiro atoms. The molecule has 25 heavy (non-hydrogen) atoms. The molecule has 126 valence electrons. The maximum Gasteiger partial charge on any atom is 0.253 e. The van der Waals surface area contributed by atoms with Crippen LogP contribution in [0.5, 0.6) is 0 Å². The number of benzene rings is 2. The first-order chi connectivity index (χ1) is 12.0. The van der Waals surface area contributed by atoms with E-state index < -0.39 is 11.9 Å². The minimum Gasteiger partial charge on any atom is -0.368 e. The van der Waals surface area contributed by atoms with Crippen LogP contribution >= 0.6 is 0 Å².